The number of carbonyl (C=O) groups is 1. The molecule has 0 unspecified atom stereocenters. The van der Waals surface area contributed by atoms with Crippen molar-refractivity contribution in [1.82, 2.24) is 4.72 Å². The van der Waals surface area contributed by atoms with E-state index in [1.807, 2.05) is 0 Å². The maximum atomic E-state index is 12.2. The Morgan fingerprint density at radius 1 is 1.38 bits per heavy atom. The van der Waals surface area contributed by atoms with Crippen molar-refractivity contribution in [2.75, 3.05) is 6.54 Å². The highest BCUT2D eigenvalue weighted by Gasteiger charge is 2.19. The largest absolute Gasteiger partial charge is 0.478 e. The molecule has 2 rings (SSSR count). The molecule has 0 aliphatic heterocycles. The molecule has 0 bridgehead atoms. The number of hydrogen-bond donors (Lipinski definition) is 2. The van der Waals surface area contributed by atoms with Gasteiger partial charge in [0.2, 0.25) is 10.0 Å². The second-order valence-corrected chi connectivity index (χ2v) is 7.44. The average molecular weight is 374 g/mol. The van der Waals surface area contributed by atoms with Gasteiger partial charge in [-0.1, -0.05) is 11.6 Å². The normalized spacial score (nSPS) is 15.0. The van der Waals surface area contributed by atoms with Crippen LogP contribution in [-0.2, 0) is 10.0 Å². The number of halogens is 1. The molecule has 0 amide bonds. The van der Waals surface area contributed by atoms with Crippen molar-refractivity contribution in [3.63, 3.8) is 0 Å². The van der Waals surface area contributed by atoms with Gasteiger partial charge in [0.25, 0.3) is 0 Å². The van der Waals surface area contributed by atoms with Crippen LogP contribution in [0.2, 0.25) is 0 Å². The van der Waals surface area contributed by atoms with E-state index in [2.05, 4.69) is 26.7 Å². The van der Waals surface area contributed by atoms with E-state index >= 15 is 0 Å². The van der Waals surface area contributed by atoms with E-state index in [1.165, 1.54) is 17.7 Å². The SMILES string of the molecule is O=C(O)c1ccc(Br)c(S(=O)(=O)NCCC2=CCCC2)c1. The maximum Gasteiger partial charge on any atom is 0.335 e. The average Bonchev–Trinajstić information content (AvgIpc) is 2.91. The smallest absolute Gasteiger partial charge is 0.335 e. The van der Waals surface area contributed by atoms with E-state index in [9.17, 15) is 13.2 Å². The van der Waals surface area contributed by atoms with Gasteiger partial charge in [-0.05, 0) is 59.8 Å². The lowest BCUT2D eigenvalue weighted by atomic mass is 10.2. The third-order valence-corrected chi connectivity index (χ3v) is 5.80. The summed E-state index contributed by atoms with van der Waals surface area (Å²) in [5.74, 6) is -1.16. The van der Waals surface area contributed by atoms with Crippen molar-refractivity contribution in [2.45, 2.75) is 30.6 Å². The quantitative estimate of drug-likeness (QED) is 0.750. The molecule has 0 saturated carbocycles. The number of allylic oxidation sites excluding steroid dienone is 1. The number of benzene rings is 1. The van der Waals surface area contributed by atoms with Crippen LogP contribution in [0.1, 0.15) is 36.0 Å². The van der Waals surface area contributed by atoms with Gasteiger partial charge >= 0.3 is 5.97 Å². The Balaban J connectivity index is 2.11. The second kappa shape index (κ2) is 6.72. The lowest BCUT2D eigenvalue weighted by Gasteiger charge is -2.09. The van der Waals surface area contributed by atoms with Crippen molar-refractivity contribution in [1.29, 1.82) is 0 Å². The molecule has 0 fully saturated rings. The number of sulfonamides is 1. The van der Waals surface area contributed by atoms with Gasteiger partial charge in [0.1, 0.15) is 0 Å². The second-order valence-electron chi connectivity index (χ2n) is 4.85. The Kier molecular flexibility index (Phi) is 5.18. The van der Waals surface area contributed by atoms with Crippen LogP contribution in [0.15, 0.2) is 39.2 Å². The van der Waals surface area contributed by atoms with Crippen LogP contribution in [0.25, 0.3) is 0 Å². The van der Waals surface area contributed by atoms with Crippen LogP contribution in [-0.4, -0.2) is 26.0 Å². The Bertz CT molecular complexity index is 682. The third kappa shape index (κ3) is 4.15. The first-order valence-electron chi connectivity index (χ1n) is 6.60. The fraction of sp³-hybridized carbons (Fsp3) is 0.357. The highest BCUT2D eigenvalue weighted by Crippen LogP contribution is 2.24. The van der Waals surface area contributed by atoms with E-state index in [4.69, 9.17) is 5.11 Å². The molecular formula is C14H16BrNO4S. The van der Waals surface area contributed by atoms with Gasteiger partial charge in [-0.3, -0.25) is 0 Å². The molecule has 1 aromatic rings. The maximum absolute atomic E-state index is 12.2. The standard InChI is InChI=1S/C14H16BrNO4S/c15-12-6-5-11(14(17)18)9-13(12)21(19,20)16-8-7-10-3-1-2-4-10/h3,5-6,9,16H,1-2,4,7-8H2,(H,17,18). The van der Waals surface area contributed by atoms with Crippen LogP contribution < -0.4 is 4.72 Å². The molecule has 0 heterocycles. The van der Waals surface area contributed by atoms with Crippen molar-refractivity contribution in [2.24, 2.45) is 0 Å². The van der Waals surface area contributed by atoms with Crippen LogP contribution in [0.4, 0.5) is 0 Å². The monoisotopic (exact) mass is 373 g/mol. The lowest BCUT2D eigenvalue weighted by Crippen LogP contribution is -2.25. The predicted octanol–water partition coefficient (Wildman–Crippen LogP) is 2.93. The van der Waals surface area contributed by atoms with Gasteiger partial charge in [0.15, 0.2) is 0 Å². The van der Waals surface area contributed by atoms with Gasteiger partial charge in [-0.15, -0.1) is 0 Å². The number of carboxylic acid groups (broad SMARTS) is 1. The first kappa shape index (κ1) is 16.2. The molecule has 1 aromatic carbocycles. The van der Waals surface area contributed by atoms with E-state index in [-0.39, 0.29) is 10.5 Å². The Labute approximate surface area is 132 Å². The molecule has 2 N–H and O–H groups in total. The minimum absolute atomic E-state index is 0.0530. The van der Waals surface area contributed by atoms with Crippen LogP contribution in [0, 0.1) is 0 Å². The van der Waals surface area contributed by atoms with Crippen molar-refractivity contribution in [3.8, 4) is 0 Å². The summed E-state index contributed by atoms with van der Waals surface area (Å²) < 4.78 is 27.4. The molecule has 5 nitrogen and oxygen atoms in total. The Hall–Kier alpha value is -1.18. The minimum Gasteiger partial charge on any atom is -0.478 e. The summed E-state index contributed by atoms with van der Waals surface area (Å²) in [5, 5.41) is 8.95. The number of hydrogen-bond acceptors (Lipinski definition) is 3. The molecule has 7 heteroatoms. The number of aromatic carboxylic acids is 1. The topological polar surface area (TPSA) is 83.5 Å². The number of carboxylic acids is 1. The predicted molar refractivity (Wildman–Crippen MR) is 82.8 cm³/mol. The van der Waals surface area contributed by atoms with Crippen LogP contribution in [0.3, 0.4) is 0 Å². The number of rotatable bonds is 6. The summed E-state index contributed by atoms with van der Waals surface area (Å²) in [7, 11) is -3.73. The van der Waals surface area contributed by atoms with Gasteiger partial charge in [-0.25, -0.2) is 17.9 Å². The van der Waals surface area contributed by atoms with Crippen LogP contribution in [0.5, 0.6) is 0 Å². The molecule has 21 heavy (non-hydrogen) atoms. The van der Waals surface area contributed by atoms with Crippen LogP contribution >= 0.6 is 15.9 Å². The summed E-state index contributed by atoms with van der Waals surface area (Å²) in [6.07, 6.45) is 6.06. The zero-order valence-electron chi connectivity index (χ0n) is 11.3. The molecule has 0 aromatic heterocycles. The van der Waals surface area contributed by atoms with Gasteiger partial charge < -0.3 is 5.11 Å². The van der Waals surface area contributed by atoms with Crippen molar-refractivity contribution < 1.29 is 18.3 Å². The van der Waals surface area contributed by atoms with Crippen molar-refractivity contribution >= 4 is 31.9 Å². The zero-order chi connectivity index (χ0) is 15.5. The first-order valence-corrected chi connectivity index (χ1v) is 8.88. The summed E-state index contributed by atoms with van der Waals surface area (Å²) >= 11 is 3.15. The molecule has 1 aliphatic rings. The Morgan fingerprint density at radius 2 is 2.14 bits per heavy atom. The summed E-state index contributed by atoms with van der Waals surface area (Å²) in [6.45, 7) is 0.317. The summed E-state index contributed by atoms with van der Waals surface area (Å²) in [5.41, 5.74) is 1.22. The lowest BCUT2D eigenvalue weighted by molar-refractivity contribution is 0.0696. The first-order chi connectivity index (χ1) is 9.90. The molecule has 0 radical (unpaired) electrons. The third-order valence-electron chi connectivity index (χ3n) is 3.34. The highest BCUT2D eigenvalue weighted by molar-refractivity contribution is 9.10. The summed E-state index contributed by atoms with van der Waals surface area (Å²) in [6, 6.07) is 3.94. The fourth-order valence-corrected chi connectivity index (χ4v) is 4.25. The molecule has 0 atom stereocenters. The molecular weight excluding hydrogens is 358 g/mol. The van der Waals surface area contributed by atoms with E-state index in [0.717, 1.165) is 25.3 Å². The molecule has 114 valence electrons. The van der Waals surface area contributed by atoms with Crippen molar-refractivity contribution in [3.05, 3.63) is 39.9 Å². The Morgan fingerprint density at radius 3 is 2.76 bits per heavy atom. The molecule has 1 aliphatic carbocycles. The highest BCUT2D eigenvalue weighted by atomic mass is 79.9. The molecule has 0 saturated heterocycles. The molecule has 0 spiro atoms. The minimum atomic E-state index is -3.73. The zero-order valence-corrected chi connectivity index (χ0v) is 13.7. The fourth-order valence-electron chi connectivity index (χ4n) is 2.23. The van der Waals surface area contributed by atoms with E-state index in [0.29, 0.717) is 17.4 Å². The van der Waals surface area contributed by atoms with Gasteiger partial charge in [-0.2, -0.15) is 0 Å². The summed E-state index contributed by atoms with van der Waals surface area (Å²) in [4.78, 5) is 10.9. The van der Waals surface area contributed by atoms with Gasteiger partial charge in [0.05, 0.1) is 10.5 Å². The van der Waals surface area contributed by atoms with E-state index in [1.54, 1.807) is 0 Å². The van der Waals surface area contributed by atoms with E-state index < -0.39 is 16.0 Å². The number of nitrogens with one attached hydrogen (secondary N) is 1. The van der Waals surface area contributed by atoms with Gasteiger partial charge in [0, 0.05) is 11.0 Å².